The fourth-order valence-corrected chi connectivity index (χ4v) is 2.30. The molecule has 1 aromatic carbocycles. The molecule has 0 bridgehead atoms. The SMILES string of the molecule is CC(C)C(C(=O)Nc1ccncc1)c1ccc([N+](=O)[O-])cc1. The molecule has 1 unspecified atom stereocenters. The highest BCUT2D eigenvalue weighted by Crippen LogP contribution is 2.27. The van der Waals surface area contributed by atoms with Gasteiger partial charge in [0.2, 0.25) is 5.91 Å². The van der Waals surface area contributed by atoms with Gasteiger partial charge in [0.05, 0.1) is 10.8 Å². The number of nitro benzene ring substituents is 1. The van der Waals surface area contributed by atoms with Crippen LogP contribution in [0.1, 0.15) is 25.3 Å². The monoisotopic (exact) mass is 299 g/mol. The van der Waals surface area contributed by atoms with E-state index in [4.69, 9.17) is 0 Å². The van der Waals surface area contributed by atoms with Gasteiger partial charge < -0.3 is 5.32 Å². The molecule has 0 aliphatic heterocycles. The summed E-state index contributed by atoms with van der Waals surface area (Å²) in [6, 6.07) is 9.54. The van der Waals surface area contributed by atoms with Crippen LogP contribution in [0, 0.1) is 16.0 Å². The van der Waals surface area contributed by atoms with Gasteiger partial charge in [-0.2, -0.15) is 0 Å². The zero-order valence-corrected chi connectivity index (χ0v) is 12.4. The second-order valence-electron chi connectivity index (χ2n) is 5.30. The van der Waals surface area contributed by atoms with E-state index >= 15 is 0 Å². The van der Waals surface area contributed by atoms with Gasteiger partial charge in [-0.25, -0.2) is 0 Å². The molecule has 1 atom stereocenters. The van der Waals surface area contributed by atoms with E-state index in [1.807, 2.05) is 13.8 Å². The van der Waals surface area contributed by atoms with E-state index in [1.165, 1.54) is 12.1 Å². The first-order valence-corrected chi connectivity index (χ1v) is 6.94. The van der Waals surface area contributed by atoms with E-state index in [0.29, 0.717) is 5.69 Å². The molecule has 2 aromatic rings. The van der Waals surface area contributed by atoms with Gasteiger partial charge >= 0.3 is 0 Å². The van der Waals surface area contributed by atoms with Crippen molar-refractivity contribution in [1.29, 1.82) is 0 Å². The summed E-state index contributed by atoms with van der Waals surface area (Å²) in [5.74, 6) is -0.465. The number of rotatable bonds is 5. The predicted molar refractivity (Wildman–Crippen MR) is 83.5 cm³/mol. The molecule has 0 spiro atoms. The number of nitrogens with one attached hydrogen (secondary N) is 1. The van der Waals surface area contributed by atoms with Crippen LogP contribution in [0.5, 0.6) is 0 Å². The lowest BCUT2D eigenvalue weighted by atomic mass is 9.87. The Balaban J connectivity index is 2.22. The number of carbonyl (C=O) groups is 1. The molecule has 0 radical (unpaired) electrons. The highest BCUT2D eigenvalue weighted by Gasteiger charge is 2.24. The number of nitrogens with zero attached hydrogens (tertiary/aromatic N) is 2. The van der Waals surface area contributed by atoms with E-state index in [-0.39, 0.29) is 23.4 Å². The van der Waals surface area contributed by atoms with E-state index in [9.17, 15) is 14.9 Å². The van der Waals surface area contributed by atoms with Gasteiger partial charge in [0.15, 0.2) is 0 Å². The molecule has 1 heterocycles. The molecule has 1 aromatic heterocycles. The molecule has 1 amide bonds. The van der Waals surface area contributed by atoms with E-state index in [0.717, 1.165) is 5.56 Å². The molecule has 2 rings (SSSR count). The lowest BCUT2D eigenvalue weighted by Gasteiger charge is -2.20. The Morgan fingerprint density at radius 2 is 1.73 bits per heavy atom. The van der Waals surface area contributed by atoms with Gasteiger partial charge in [-0.15, -0.1) is 0 Å². The Morgan fingerprint density at radius 1 is 1.14 bits per heavy atom. The molecular weight excluding hydrogens is 282 g/mol. The molecule has 6 nitrogen and oxygen atoms in total. The van der Waals surface area contributed by atoms with Crippen LogP contribution in [-0.2, 0) is 4.79 Å². The van der Waals surface area contributed by atoms with Crippen LogP contribution >= 0.6 is 0 Å². The zero-order chi connectivity index (χ0) is 16.1. The number of non-ortho nitro benzene ring substituents is 1. The Bertz CT molecular complexity index is 654. The topological polar surface area (TPSA) is 85.1 Å². The van der Waals surface area contributed by atoms with Crippen molar-refractivity contribution < 1.29 is 9.72 Å². The molecule has 0 aliphatic carbocycles. The quantitative estimate of drug-likeness (QED) is 0.677. The number of hydrogen-bond donors (Lipinski definition) is 1. The summed E-state index contributed by atoms with van der Waals surface area (Å²) >= 11 is 0. The van der Waals surface area contributed by atoms with E-state index in [2.05, 4.69) is 10.3 Å². The van der Waals surface area contributed by atoms with Crippen molar-refractivity contribution in [3.63, 3.8) is 0 Å². The summed E-state index contributed by atoms with van der Waals surface area (Å²) in [5.41, 5.74) is 1.44. The largest absolute Gasteiger partial charge is 0.325 e. The number of carbonyl (C=O) groups excluding carboxylic acids is 1. The van der Waals surface area contributed by atoms with Crippen molar-refractivity contribution in [3.05, 3.63) is 64.5 Å². The third-order valence-electron chi connectivity index (χ3n) is 3.36. The average Bonchev–Trinajstić information content (AvgIpc) is 2.48. The van der Waals surface area contributed by atoms with Crippen LogP contribution in [0.2, 0.25) is 0 Å². The van der Waals surface area contributed by atoms with Crippen molar-refractivity contribution >= 4 is 17.3 Å². The summed E-state index contributed by atoms with van der Waals surface area (Å²) in [4.78, 5) is 26.7. The molecule has 0 aliphatic rings. The van der Waals surface area contributed by atoms with Crippen molar-refractivity contribution in [1.82, 2.24) is 4.98 Å². The maximum absolute atomic E-state index is 12.5. The van der Waals surface area contributed by atoms with E-state index < -0.39 is 4.92 Å². The van der Waals surface area contributed by atoms with Crippen molar-refractivity contribution in [3.8, 4) is 0 Å². The fraction of sp³-hybridized carbons (Fsp3) is 0.250. The molecule has 1 N–H and O–H groups in total. The minimum absolute atomic E-state index is 0.0146. The number of aromatic nitrogens is 1. The Kier molecular flexibility index (Phi) is 4.83. The van der Waals surface area contributed by atoms with Crippen molar-refractivity contribution in [2.24, 2.45) is 5.92 Å². The highest BCUT2D eigenvalue weighted by atomic mass is 16.6. The Hall–Kier alpha value is -2.76. The third kappa shape index (κ3) is 3.66. The normalized spacial score (nSPS) is 12.0. The minimum atomic E-state index is -0.453. The number of amides is 1. The van der Waals surface area contributed by atoms with Gasteiger partial charge in [0.1, 0.15) is 0 Å². The first-order valence-electron chi connectivity index (χ1n) is 6.94. The minimum Gasteiger partial charge on any atom is -0.325 e. The lowest BCUT2D eigenvalue weighted by Crippen LogP contribution is -2.25. The second-order valence-corrected chi connectivity index (χ2v) is 5.30. The molecule has 0 saturated carbocycles. The molecule has 0 saturated heterocycles. The van der Waals surface area contributed by atoms with Crippen LogP contribution in [-0.4, -0.2) is 15.8 Å². The maximum Gasteiger partial charge on any atom is 0.269 e. The molecule has 0 fully saturated rings. The van der Waals surface area contributed by atoms with Crippen LogP contribution in [0.15, 0.2) is 48.8 Å². The fourth-order valence-electron chi connectivity index (χ4n) is 2.30. The summed E-state index contributed by atoms with van der Waals surface area (Å²) in [7, 11) is 0. The van der Waals surface area contributed by atoms with Crippen LogP contribution < -0.4 is 5.32 Å². The van der Waals surface area contributed by atoms with Crippen molar-refractivity contribution in [2.45, 2.75) is 19.8 Å². The summed E-state index contributed by atoms with van der Waals surface area (Å²) < 4.78 is 0. The number of nitro groups is 1. The summed E-state index contributed by atoms with van der Waals surface area (Å²) in [6.07, 6.45) is 3.21. The average molecular weight is 299 g/mol. The standard InChI is InChI=1S/C16H17N3O3/c1-11(2)15(12-3-5-14(6-4-12)19(21)22)16(20)18-13-7-9-17-10-8-13/h3-11,15H,1-2H3,(H,17,18,20). The number of benzene rings is 1. The zero-order valence-electron chi connectivity index (χ0n) is 12.4. The first-order chi connectivity index (χ1) is 10.5. The Labute approximate surface area is 128 Å². The highest BCUT2D eigenvalue weighted by molar-refractivity contribution is 5.96. The van der Waals surface area contributed by atoms with E-state index in [1.54, 1.807) is 36.7 Å². The lowest BCUT2D eigenvalue weighted by molar-refractivity contribution is -0.384. The molecule has 114 valence electrons. The van der Waals surface area contributed by atoms with Gasteiger partial charge in [0, 0.05) is 30.2 Å². The first kappa shape index (κ1) is 15.6. The number of anilines is 1. The number of pyridine rings is 1. The molecule has 22 heavy (non-hydrogen) atoms. The van der Waals surface area contributed by atoms with Gasteiger partial charge in [0.25, 0.3) is 5.69 Å². The second kappa shape index (κ2) is 6.80. The van der Waals surface area contributed by atoms with Crippen LogP contribution in [0.25, 0.3) is 0 Å². The maximum atomic E-state index is 12.5. The summed E-state index contributed by atoms with van der Waals surface area (Å²) in [6.45, 7) is 3.89. The predicted octanol–water partition coefficient (Wildman–Crippen LogP) is 3.37. The van der Waals surface area contributed by atoms with Gasteiger partial charge in [-0.1, -0.05) is 26.0 Å². The van der Waals surface area contributed by atoms with Gasteiger partial charge in [-0.3, -0.25) is 19.9 Å². The molecular formula is C16H17N3O3. The summed E-state index contributed by atoms with van der Waals surface area (Å²) in [5, 5.41) is 13.6. The third-order valence-corrected chi connectivity index (χ3v) is 3.36. The Morgan fingerprint density at radius 3 is 2.23 bits per heavy atom. The smallest absolute Gasteiger partial charge is 0.269 e. The molecule has 6 heteroatoms. The van der Waals surface area contributed by atoms with Crippen LogP contribution in [0.3, 0.4) is 0 Å². The number of hydrogen-bond acceptors (Lipinski definition) is 4. The van der Waals surface area contributed by atoms with Crippen molar-refractivity contribution in [2.75, 3.05) is 5.32 Å². The van der Waals surface area contributed by atoms with Gasteiger partial charge in [-0.05, 0) is 23.6 Å². The van der Waals surface area contributed by atoms with Crippen LogP contribution in [0.4, 0.5) is 11.4 Å².